The second-order valence-corrected chi connectivity index (χ2v) is 14.4. The van der Waals surface area contributed by atoms with Crippen molar-refractivity contribution >= 4 is 50.1 Å². The molecule has 5 nitrogen and oxygen atoms in total. The molecule has 0 bridgehead atoms. The first-order chi connectivity index (χ1) is 18.4. The molecule has 0 atom stereocenters. The number of Topliss-reactive ketones (excluding diaryl/α,β-unsaturated/α-hetero) is 2. The van der Waals surface area contributed by atoms with Crippen LogP contribution < -0.4 is 14.8 Å². The summed E-state index contributed by atoms with van der Waals surface area (Å²) in [5.41, 5.74) is 5.08. The van der Waals surface area contributed by atoms with E-state index in [1.807, 2.05) is 37.3 Å². The maximum Gasteiger partial charge on any atom is 0.174 e. The van der Waals surface area contributed by atoms with E-state index in [-0.39, 0.29) is 22.4 Å². The normalized spacial score (nSPS) is 20.4. The predicted octanol–water partition coefficient (Wildman–Crippen LogP) is 8.00. The summed E-state index contributed by atoms with van der Waals surface area (Å²) >= 11 is 5.88. The van der Waals surface area contributed by atoms with Crippen molar-refractivity contribution in [2.24, 2.45) is 10.8 Å². The summed E-state index contributed by atoms with van der Waals surface area (Å²) in [5, 5.41) is 3.59. The first kappa shape index (κ1) is 28.4. The number of rotatable bonds is 6. The van der Waals surface area contributed by atoms with Gasteiger partial charge in [-0.3, -0.25) is 9.59 Å². The fraction of sp³-hybridized carbons (Fsp3) is 0.438. The zero-order valence-corrected chi connectivity index (χ0v) is 26.9. The molecule has 2 aliphatic carbocycles. The summed E-state index contributed by atoms with van der Waals surface area (Å²) < 4.78 is 14.3. The van der Waals surface area contributed by atoms with Gasteiger partial charge in [-0.25, -0.2) is 0 Å². The SMILES string of the molecule is CCOc1cc(C2C3=C(CC(C)(C)CC3=O)NC3=C2C(=O)CC(C)(C)C3)cc(I)c1OCc1ccccc1Br. The molecule has 206 valence electrons. The Bertz CT molecular complexity index is 1370. The van der Waals surface area contributed by atoms with Crippen molar-refractivity contribution in [3.05, 3.63) is 78.1 Å². The van der Waals surface area contributed by atoms with Gasteiger partial charge in [0.15, 0.2) is 23.1 Å². The molecular formula is C32H35BrINO4. The van der Waals surface area contributed by atoms with E-state index in [0.717, 1.165) is 54.6 Å². The van der Waals surface area contributed by atoms with Crippen molar-refractivity contribution in [3.63, 3.8) is 0 Å². The number of hydrogen-bond acceptors (Lipinski definition) is 5. The van der Waals surface area contributed by atoms with Crippen LogP contribution in [-0.4, -0.2) is 18.2 Å². The molecule has 0 fully saturated rings. The highest BCUT2D eigenvalue weighted by molar-refractivity contribution is 14.1. The molecule has 2 aromatic carbocycles. The molecule has 0 radical (unpaired) electrons. The third-order valence-electron chi connectivity index (χ3n) is 7.71. The first-order valence-electron chi connectivity index (χ1n) is 13.5. The van der Waals surface area contributed by atoms with Crippen LogP contribution >= 0.6 is 38.5 Å². The van der Waals surface area contributed by atoms with Crippen LogP contribution in [0.4, 0.5) is 0 Å². The van der Waals surface area contributed by atoms with Crippen molar-refractivity contribution in [2.45, 2.75) is 72.8 Å². The van der Waals surface area contributed by atoms with Gasteiger partial charge in [-0.2, -0.15) is 0 Å². The van der Waals surface area contributed by atoms with E-state index >= 15 is 0 Å². The van der Waals surface area contributed by atoms with Crippen LogP contribution in [0, 0.1) is 14.4 Å². The van der Waals surface area contributed by atoms with E-state index in [9.17, 15) is 9.59 Å². The second kappa shape index (κ2) is 10.7. The zero-order chi connectivity index (χ0) is 28.1. The Morgan fingerprint density at radius 1 is 0.923 bits per heavy atom. The number of halogens is 2. The Morgan fingerprint density at radius 2 is 1.51 bits per heavy atom. The second-order valence-electron chi connectivity index (χ2n) is 12.4. The summed E-state index contributed by atoms with van der Waals surface area (Å²) in [6.45, 7) is 11.4. The lowest BCUT2D eigenvalue weighted by atomic mass is 9.64. The van der Waals surface area contributed by atoms with E-state index in [1.165, 1.54) is 0 Å². The average Bonchev–Trinajstić information content (AvgIpc) is 2.81. The summed E-state index contributed by atoms with van der Waals surface area (Å²) in [6.07, 6.45) is 2.49. The number of ether oxygens (including phenoxy) is 2. The minimum absolute atomic E-state index is 0.116. The Labute approximate surface area is 253 Å². The van der Waals surface area contributed by atoms with E-state index < -0.39 is 5.92 Å². The molecule has 0 amide bonds. The lowest BCUT2D eigenvalue weighted by Gasteiger charge is -2.44. The van der Waals surface area contributed by atoms with Crippen LogP contribution in [0.2, 0.25) is 0 Å². The van der Waals surface area contributed by atoms with Gasteiger partial charge in [0.05, 0.1) is 10.2 Å². The van der Waals surface area contributed by atoms with Gasteiger partial charge in [0.25, 0.3) is 0 Å². The molecule has 5 rings (SSSR count). The fourth-order valence-corrected chi connectivity index (χ4v) is 7.33. The summed E-state index contributed by atoms with van der Waals surface area (Å²) in [5.74, 6) is 1.12. The number of nitrogens with one attached hydrogen (secondary N) is 1. The van der Waals surface area contributed by atoms with Gasteiger partial charge in [-0.05, 0) is 76.9 Å². The molecule has 0 aromatic heterocycles. The fourth-order valence-electron chi connectivity index (χ4n) is 6.15. The van der Waals surface area contributed by atoms with Gasteiger partial charge < -0.3 is 14.8 Å². The summed E-state index contributed by atoms with van der Waals surface area (Å²) in [6, 6.07) is 12.0. The topological polar surface area (TPSA) is 64.6 Å². The smallest absolute Gasteiger partial charge is 0.174 e. The number of dihydropyridines is 1. The summed E-state index contributed by atoms with van der Waals surface area (Å²) in [4.78, 5) is 27.4. The monoisotopic (exact) mass is 703 g/mol. The third kappa shape index (κ3) is 5.71. The van der Waals surface area contributed by atoms with Gasteiger partial charge in [0.1, 0.15) is 6.61 Å². The molecule has 0 saturated carbocycles. The van der Waals surface area contributed by atoms with Crippen molar-refractivity contribution in [1.82, 2.24) is 5.32 Å². The maximum atomic E-state index is 13.7. The van der Waals surface area contributed by atoms with Gasteiger partial charge in [0.2, 0.25) is 0 Å². The Kier molecular flexibility index (Phi) is 7.79. The number of ketones is 2. The van der Waals surface area contributed by atoms with Crippen molar-refractivity contribution in [1.29, 1.82) is 0 Å². The number of carbonyl (C=O) groups excluding carboxylic acids is 2. The van der Waals surface area contributed by atoms with E-state index in [0.29, 0.717) is 37.6 Å². The van der Waals surface area contributed by atoms with Crippen molar-refractivity contribution < 1.29 is 19.1 Å². The van der Waals surface area contributed by atoms with Gasteiger partial charge in [-0.1, -0.05) is 61.8 Å². The van der Waals surface area contributed by atoms with Crippen LogP contribution in [0.3, 0.4) is 0 Å². The van der Waals surface area contributed by atoms with Crippen LogP contribution in [0.5, 0.6) is 11.5 Å². The van der Waals surface area contributed by atoms with E-state index in [2.05, 4.69) is 77.6 Å². The average molecular weight is 704 g/mol. The molecule has 0 saturated heterocycles. The number of allylic oxidation sites excluding steroid dienone is 4. The third-order valence-corrected chi connectivity index (χ3v) is 9.29. The molecule has 3 aliphatic rings. The lowest BCUT2D eigenvalue weighted by molar-refractivity contribution is -0.119. The van der Waals surface area contributed by atoms with Gasteiger partial charge in [0, 0.05) is 51.3 Å². The number of carbonyl (C=O) groups is 2. The minimum atomic E-state index is -0.409. The highest BCUT2D eigenvalue weighted by Crippen LogP contribution is 2.52. The molecular weight excluding hydrogens is 669 g/mol. The van der Waals surface area contributed by atoms with Crippen molar-refractivity contribution in [2.75, 3.05) is 6.61 Å². The lowest BCUT2D eigenvalue weighted by Crippen LogP contribution is -2.42. The van der Waals surface area contributed by atoms with Crippen molar-refractivity contribution in [3.8, 4) is 11.5 Å². The van der Waals surface area contributed by atoms with E-state index in [4.69, 9.17) is 9.47 Å². The maximum absolute atomic E-state index is 13.7. The van der Waals surface area contributed by atoms with Gasteiger partial charge in [-0.15, -0.1) is 0 Å². The van der Waals surface area contributed by atoms with E-state index in [1.54, 1.807) is 0 Å². The predicted molar refractivity (Wildman–Crippen MR) is 165 cm³/mol. The molecule has 1 N–H and O–H groups in total. The largest absolute Gasteiger partial charge is 0.490 e. The Balaban J connectivity index is 1.62. The molecule has 1 aliphatic heterocycles. The quantitative estimate of drug-likeness (QED) is 0.309. The van der Waals surface area contributed by atoms with Crippen LogP contribution in [-0.2, 0) is 16.2 Å². The van der Waals surface area contributed by atoms with Crippen LogP contribution in [0.25, 0.3) is 0 Å². The van der Waals surface area contributed by atoms with Crippen LogP contribution in [0.15, 0.2) is 63.4 Å². The number of benzene rings is 2. The molecule has 2 aromatic rings. The highest BCUT2D eigenvalue weighted by atomic mass is 127. The molecule has 0 unspecified atom stereocenters. The summed E-state index contributed by atoms with van der Waals surface area (Å²) in [7, 11) is 0. The molecule has 1 heterocycles. The molecule has 7 heteroatoms. The Hall–Kier alpha value is -2.13. The standard InChI is InChI=1S/C32H35BrINO4/c1-6-38-26-12-19(11-21(34)30(26)39-17-18-9-7-8-10-20(18)33)27-28-22(13-31(2,3)15-24(28)36)35-23-14-32(4,5)16-25(37)29(23)27/h7-12,27,35H,6,13-17H2,1-5H3. The zero-order valence-electron chi connectivity index (χ0n) is 23.2. The highest BCUT2D eigenvalue weighted by Gasteiger charge is 2.46. The van der Waals surface area contributed by atoms with Crippen LogP contribution in [0.1, 0.15) is 77.3 Å². The Morgan fingerprint density at radius 3 is 2.08 bits per heavy atom. The molecule has 0 spiro atoms. The van der Waals surface area contributed by atoms with Gasteiger partial charge >= 0.3 is 0 Å². The first-order valence-corrected chi connectivity index (χ1v) is 15.4. The molecule has 39 heavy (non-hydrogen) atoms. The minimum Gasteiger partial charge on any atom is -0.490 e. The number of hydrogen-bond donors (Lipinski definition) is 1.